The molecule has 0 aliphatic rings. The van der Waals surface area contributed by atoms with Gasteiger partial charge in [-0.1, -0.05) is 0 Å². The Kier molecular flexibility index (Phi) is 4.89. The molecule has 0 aliphatic carbocycles. The molecule has 3 nitrogen and oxygen atoms in total. The van der Waals surface area contributed by atoms with Gasteiger partial charge in [-0.2, -0.15) is 13.2 Å². The first-order chi connectivity index (χ1) is 8.29. The number of hydrogen-bond donors (Lipinski definition) is 2. The van der Waals surface area contributed by atoms with Crippen LogP contribution >= 0.6 is 11.8 Å². The van der Waals surface area contributed by atoms with Gasteiger partial charge in [-0.05, 0) is 36.9 Å². The van der Waals surface area contributed by atoms with Crippen molar-refractivity contribution in [3.63, 3.8) is 0 Å². The van der Waals surface area contributed by atoms with Crippen LogP contribution in [0.5, 0.6) is 0 Å². The molecule has 0 aromatic heterocycles. The Hall–Kier alpha value is -1.37. The van der Waals surface area contributed by atoms with E-state index in [0.717, 1.165) is 0 Å². The number of benzene rings is 1. The number of thioether (sulfide) groups is 1. The molecule has 0 unspecified atom stereocenters. The number of alkyl halides is 3. The molecule has 3 N–H and O–H groups in total. The summed E-state index contributed by atoms with van der Waals surface area (Å²) in [7, 11) is 0. The number of anilines is 2. The van der Waals surface area contributed by atoms with Gasteiger partial charge in [0.25, 0.3) is 0 Å². The van der Waals surface area contributed by atoms with Crippen LogP contribution in [0, 0.1) is 0 Å². The van der Waals surface area contributed by atoms with Gasteiger partial charge >= 0.3 is 5.51 Å². The van der Waals surface area contributed by atoms with Gasteiger partial charge in [0.15, 0.2) is 5.78 Å². The van der Waals surface area contributed by atoms with E-state index in [1.807, 2.05) is 0 Å². The molecule has 0 saturated carbocycles. The summed E-state index contributed by atoms with van der Waals surface area (Å²) in [6, 6.07) is 4.71. The third-order valence-corrected chi connectivity index (χ3v) is 2.87. The van der Waals surface area contributed by atoms with Gasteiger partial charge in [0, 0.05) is 29.2 Å². The molecule has 100 valence electrons. The van der Waals surface area contributed by atoms with E-state index in [1.54, 1.807) is 12.1 Å². The van der Waals surface area contributed by atoms with Gasteiger partial charge in [-0.25, -0.2) is 0 Å². The van der Waals surface area contributed by atoms with Crippen LogP contribution in [0.25, 0.3) is 0 Å². The lowest BCUT2D eigenvalue weighted by Gasteiger charge is -2.10. The van der Waals surface area contributed by atoms with E-state index in [9.17, 15) is 18.0 Å². The van der Waals surface area contributed by atoms with Crippen LogP contribution in [-0.2, 0) is 0 Å². The number of Topliss-reactive ketones (excluding diaryl/α,β-unsaturated/α-hetero) is 1. The minimum Gasteiger partial charge on any atom is -0.398 e. The smallest absolute Gasteiger partial charge is 0.398 e. The molecule has 7 heteroatoms. The number of nitrogens with two attached hydrogens (primary N) is 1. The molecule has 1 rings (SSSR count). The van der Waals surface area contributed by atoms with Crippen molar-refractivity contribution in [2.45, 2.75) is 12.4 Å². The fourth-order valence-electron chi connectivity index (χ4n) is 1.33. The normalized spacial score (nSPS) is 11.3. The number of ketones is 1. The number of nitrogen functional groups attached to an aromatic ring is 1. The van der Waals surface area contributed by atoms with Crippen LogP contribution < -0.4 is 11.1 Å². The first-order valence-electron chi connectivity index (χ1n) is 5.14. The van der Waals surface area contributed by atoms with Crippen molar-refractivity contribution in [1.29, 1.82) is 0 Å². The molecule has 0 spiro atoms. The highest BCUT2D eigenvalue weighted by atomic mass is 32.2. The predicted octanol–water partition coefficient (Wildman–Crippen LogP) is 3.14. The molecule has 0 bridgehead atoms. The summed E-state index contributed by atoms with van der Waals surface area (Å²) in [4.78, 5) is 11.2. The highest BCUT2D eigenvalue weighted by Crippen LogP contribution is 2.29. The van der Waals surface area contributed by atoms with Crippen molar-refractivity contribution in [2.75, 3.05) is 23.3 Å². The topological polar surface area (TPSA) is 55.1 Å². The van der Waals surface area contributed by atoms with E-state index >= 15 is 0 Å². The first-order valence-corrected chi connectivity index (χ1v) is 6.13. The number of carbonyl (C=O) groups excluding carboxylic acids is 1. The van der Waals surface area contributed by atoms with Crippen LogP contribution in [0.2, 0.25) is 0 Å². The number of rotatable bonds is 5. The van der Waals surface area contributed by atoms with Gasteiger partial charge in [-0.15, -0.1) is 0 Å². The van der Waals surface area contributed by atoms with Crippen LogP contribution in [0.15, 0.2) is 18.2 Å². The molecular formula is C11H13F3N2OS. The number of carbonyl (C=O) groups is 1. The largest absolute Gasteiger partial charge is 0.441 e. The average molecular weight is 278 g/mol. The molecule has 0 amide bonds. The zero-order valence-corrected chi connectivity index (χ0v) is 10.5. The van der Waals surface area contributed by atoms with Crippen molar-refractivity contribution in [3.05, 3.63) is 23.8 Å². The van der Waals surface area contributed by atoms with Crippen molar-refractivity contribution >= 4 is 28.9 Å². The van der Waals surface area contributed by atoms with Gasteiger partial charge in [0.2, 0.25) is 0 Å². The standard InChI is InChI=1S/C11H13F3N2OS/c1-7(17)9-6-8(2-3-10(9)15)16-4-5-18-11(12,13)14/h2-3,6,16H,4-5,15H2,1H3. The quantitative estimate of drug-likeness (QED) is 0.493. The Balaban J connectivity index is 2.53. The van der Waals surface area contributed by atoms with Crippen molar-refractivity contribution in [3.8, 4) is 0 Å². The van der Waals surface area contributed by atoms with Crippen LogP contribution in [0.1, 0.15) is 17.3 Å². The predicted molar refractivity (Wildman–Crippen MR) is 67.9 cm³/mol. The minimum atomic E-state index is -4.21. The maximum atomic E-state index is 11.9. The fraction of sp³-hybridized carbons (Fsp3) is 0.364. The fourth-order valence-corrected chi connectivity index (χ4v) is 1.77. The summed E-state index contributed by atoms with van der Waals surface area (Å²) in [5, 5.41) is 2.81. The SMILES string of the molecule is CC(=O)c1cc(NCCSC(F)(F)F)ccc1N. The molecule has 0 fully saturated rings. The molecule has 0 atom stereocenters. The van der Waals surface area contributed by atoms with Gasteiger partial charge in [0.05, 0.1) is 0 Å². The molecule has 0 aliphatic heterocycles. The molecule has 0 radical (unpaired) electrons. The summed E-state index contributed by atoms with van der Waals surface area (Å²) < 4.78 is 35.6. The maximum absolute atomic E-state index is 11.9. The molecule has 0 heterocycles. The Labute approximate surface area is 107 Å². The zero-order chi connectivity index (χ0) is 13.8. The van der Waals surface area contributed by atoms with Crippen LogP contribution in [-0.4, -0.2) is 23.6 Å². The third-order valence-electron chi connectivity index (χ3n) is 2.13. The van der Waals surface area contributed by atoms with Gasteiger partial charge < -0.3 is 11.1 Å². The second-order valence-corrected chi connectivity index (χ2v) is 4.74. The van der Waals surface area contributed by atoms with E-state index in [0.29, 0.717) is 16.9 Å². The highest BCUT2D eigenvalue weighted by Gasteiger charge is 2.27. The van der Waals surface area contributed by atoms with Crippen molar-refractivity contribution in [1.82, 2.24) is 0 Å². The Bertz CT molecular complexity index is 435. The lowest BCUT2D eigenvalue weighted by molar-refractivity contribution is -0.0327. The molecule has 18 heavy (non-hydrogen) atoms. The summed E-state index contributed by atoms with van der Waals surface area (Å²) in [5.41, 5.74) is 2.69. The molecule has 1 aromatic carbocycles. The third kappa shape index (κ3) is 4.87. The summed E-state index contributed by atoms with van der Waals surface area (Å²) in [5.74, 6) is -0.274. The highest BCUT2D eigenvalue weighted by molar-refractivity contribution is 8.00. The average Bonchev–Trinajstić information content (AvgIpc) is 2.24. The number of halogens is 3. The lowest BCUT2D eigenvalue weighted by atomic mass is 10.1. The molecule has 0 saturated heterocycles. The Morgan fingerprint density at radius 2 is 2.11 bits per heavy atom. The van der Waals surface area contributed by atoms with Crippen molar-refractivity contribution < 1.29 is 18.0 Å². The second kappa shape index (κ2) is 5.99. The van der Waals surface area contributed by atoms with E-state index < -0.39 is 5.51 Å². The number of nitrogens with one attached hydrogen (secondary N) is 1. The molecular weight excluding hydrogens is 265 g/mol. The van der Waals surface area contributed by atoms with Crippen LogP contribution in [0.4, 0.5) is 24.5 Å². The number of hydrogen-bond acceptors (Lipinski definition) is 4. The second-order valence-electron chi connectivity index (χ2n) is 3.58. The summed E-state index contributed by atoms with van der Waals surface area (Å²) in [6.45, 7) is 1.54. The summed E-state index contributed by atoms with van der Waals surface area (Å²) >= 11 is -0.0877. The Morgan fingerprint density at radius 3 is 2.67 bits per heavy atom. The van der Waals surface area contributed by atoms with E-state index in [2.05, 4.69) is 5.32 Å². The minimum absolute atomic E-state index is 0.0877. The first kappa shape index (κ1) is 14.7. The van der Waals surface area contributed by atoms with Crippen LogP contribution in [0.3, 0.4) is 0 Å². The monoisotopic (exact) mass is 278 g/mol. The van der Waals surface area contributed by atoms with Crippen molar-refractivity contribution in [2.24, 2.45) is 0 Å². The van der Waals surface area contributed by atoms with E-state index in [-0.39, 0.29) is 29.8 Å². The Morgan fingerprint density at radius 1 is 1.44 bits per heavy atom. The van der Waals surface area contributed by atoms with Gasteiger partial charge in [0.1, 0.15) is 0 Å². The van der Waals surface area contributed by atoms with Gasteiger partial charge in [-0.3, -0.25) is 4.79 Å². The lowest BCUT2D eigenvalue weighted by Crippen LogP contribution is -2.10. The molecule has 1 aromatic rings. The van der Waals surface area contributed by atoms with E-state index in [4.69, 9.17) is 5.73 Å². The van der Waals surface area contributed by atoms with E-state index in [1.165, 1.54) is 13.0 Å². The maximum Gasteiger partial charge on any atom is 0.441 e. The zero-order valence-electron chi connectivity index (χ0n) is 9.67. The summed E-state index contributed by atoms with van der Waals surface area (Å²) in [6.07, 6.45) is 0.